The molecule has 4 heteroatoms. The summed E-state index contributed by atoms with van der Waals surface area (Å²) in [4.78, 5) is 12.4. The minimum atomic E-state index is -0.310. The Bertz CT molecular complexity index is 605. The number of hydrogen-bond donors (Lipinski definition) is 0. The lowest BCUT2D eigenvalue weighted by atomic mass is 10.1. The molecule has 2 nitrogen and oxygen atoms in total. The fraction of sp³-hybridized carbons (Fsp3) is 0.154. The van der Waals surface area contributed by atoms with Crippen molar-refractivity contribution >= 4 is 27.7 Å². The first-order chi connectivity index (χ1) is 8.11. The second kappa shape index (κ2) is 5.10. The smallest absolute Gasteiger partial charge is 0.337 e. The summed E-state index contributed by atoms with van der Waals surface area (Å²) in [5.74, 6) is 0.642. The van der Waals surface area contributed by atoms with Crippen LogP contribution in [-0.2, 0) is 0 Å². The van der Waals surface area contributed by atoms with Crippen LogP contribution in [-0.4, -0.2) is 6.26 Å². The SMILES string of the molecule is CSc1cc(=O)oc(-c2cccc(Br)c2)c1C. The molecule has 0 unspecified atom stereocenters. The molecule has 0 atom stereocenters. The van der Waals surface area contributed by atoms with E-state index in [1.54, 1.807) is 11.8 Å². The van der Waals surface area contributed by atoms with E-state index in [0.717, 1.165) is 20.5 Å². The van der Waals surface area contributed by atoms with Crippen molar-refractivity contribution in [2.24, 2.45) is 0 Å². The third-order valence-corrected chi connectivity index (χ3v) is 3.83. The molecular weight excluding hydrogens is 300 g/mol. The minimum Gasteiger partial charge on any atom is -0.422 e. The van der Waals surface area contributed by atoms with Crippen LogP contribution >= 0.6 is 27.7 Å². The maximum Gasteiger partial charge on any atom is 0.337 e. The first-order valence-electron chi connectivity index (χ1n) is 5.06. The molecule has 0 bridgehead atoms. The van der Waals surface area contributed by atoms with E-state index in [9.17, 15) is 4.79 Å². The van der Waals surface area contributed by atoms with Crippen molar-refractivity contribution in [1.29, 1.82) is 0 Å². The first kappa shape index (κ1) is 12.5. The Balaban J connectivity index is 2.67. The Hall–Kier alpha value is -1.00. The molecule has 0 spiro atoms. The van der Waals surface area contributed by atoms with Gasteiger partial charge in [0, 0.05) is 26.6 Å². The van der Waals surface area contributed by atoms with E-state index >= 15 is 0 Å². The van der Waals surface area contributed by atoms with E-state index in [0.29, 0.717) is 5.76 Å². The normalized spacial score (nSPS) is 10.5. The molecule has 88 valence electrons. The molecule has 0 saturated carbocycles. The number of benzene rings is 1. The van der Waals surface area contributed by atoms with Crippen LogP contribution in [0.1, 0.15) is 5.56 Å². The van der Waals surface area contributed by atoms with E-state index in [-0.39, 0.29) is 5.63 Å². The summed E-state index contributed by atoms with van der Waals surface area (Å²) in [5, 5.41) is 0. The highest BCUT2D eigenvalue weighted by atomic mass is 79.9. The van der Waals surface area contributed by atoms with Gasteiger partial charge in [-0.05, 0) is 25.3 Å². The molecule has 0 aliphatic heterocycles. The number of rotatable bonds is 2. The zero-order valence-electron chi connectivity index (χ0n) is 9.49. The van der Waals surface area contributed by atoms with E-state index < -0.39 is 0 Å². The zero-order chi connectivity index (χ0) is 12.4. The molecular formula is C13H11BrO2S. The van der Waals surface area contributed by atoms with Gasteiger partial charge in [-0.15, -0.1) is 11.8 Å². The summed E-state index contributed by atoms with van der Waals surface area (Å²) in [6, 6.07) is 9.26. The summed E-state index contributed by atoms with van der Waals surface area (Å²) in [6.45, 7) is 1.96. The van der Waals surface area contributed by atoms with Crippen LogP contribution in [0, 0.1) is 6.92 Å². The highest BCUT2D eigenvalue weighted by Gasteiger charge is 2.10. The third-order valence-electron chi connectivity index (χ3n) is 2.47. The highest BCUT2D eigenvalue weighted by molar-refractivity contribution is 9.10. The highest BCUT2D eigenvalue weighted by Crippen LogP contribution is 2.29. The lowest BCUT2D eigenvalue weighted by Crippen LogP contribution is -2.01. The maximum atomic E-state index is 11.5. The Morgan fingerprint density at radius 1 is 1.29 bits per heavy atom. The van der Waals surface area contributed by atoms with Gasteiger partial charge < -0.3 is 4.42 Å². The first-order valence-corrected chi connectivity index (χ1v) is 7.08. The van der Waals surface area contributed by atoms with Gasteiger partial charge in [-0.1, -0.05) is 28.1 Å². The third kappa shape index (κ3) is 2.64. The average molecular weight is 311 g/mol. The molecule has 0 amide bonds. The van der Waals surface area contributed by atoms with E-state index in [1.165, 1.54) is 6.07 Å². The topological polar surface area (TPSA) is 30.2 Å². The van der Waals surface area contributed by atoms with Gasteiger partial charge in [-0.2, -0.15) is 0 Å². The summed E-state index contributed by atoms with van der Waals surface area (Å²) in [5.41, 5.74) is 1.59. The predicted molar refractivity (Wildman–Crippen MR) is 74.6 cm³/mol. The predicted octanol–water partition coefficient (Wildman–Crippen LogP) is 4.10. The van der Waals surface area contributed by atoms with Crippen molar-refractivity contribution in [3.8, 4) is 11.3 Å². The molecule has 0 saturated heterocycles. The van der Waals surface area contributed by atoms with Crippen molar-refractivity contribution in [1.82, 2.24) is 0 Å². The molecule has 0 aliphatic rings. The minimum absolute atomic E-state index is 0.310. The Morgan fingerprint density at radius 3 is 2.71 bits per heavy atom. The van der Waals surface area contributed by atoms with Crippen LogP contribution in [0.2, 0.25) is 0 Å². The molecule has 17 heavy (non-hydrogen) atoms. The molecule has 2 rings (SSSR count). The summed E-state index contributed by atoms with van der Waals surface area (Å²) < 4.78 is 6.27. The van der Waals surface area contributed by atoms with E-state index in [1.807, 2.05) is 37.4 Å². The van der Waals surface area contributed by atoms with Gasteiger partial charge in [0.15, 0.2) is 0 Å². The van der Waals surface area contributed by atoms with Crippen molar-refractivity contribution < 1.29 is 4.42 Å². The van der Waals surface area contributed by atoms with Gasteiger partial charge in [-0.3, -0.25) is 0 Å². The Kier molecular flexibility index (Phi) is 3.74. The van der Waals surface area contributed by atoms with E-state index in [2.05, 4.69) is 15.9 Å². The fourth-order valence-electron chi connectivity index (χ4n) is 1.65. The van der Waals surface area contributed by atoms with Crippen LogP contribution in [0.3, 0.4) is 0 Å². The molecule has 0 fully saturated rings. The lowest BCUT2D eigenvalue weighted by Gasteiger charge is -2.07. The van der Waals surface area contributed by atoms with E-state index in [4.69, 9.17) is 4.42 Å². The summed E-state index contributed by atoms with van der Waals surface area (Å²) in [6.07, 6.45) is 1.95. The quantitative estimate of drug-likeness (QED) is 0.782. The molecule has 2 aromatic rings. The molecule has 0 radical (unpaired) electrons. The molecule has 0 N–H and O–H groups in total. The van der Waals surface area contributed by atoms with Gasteiger partial charge >= 0.3 is 5.63 Å². The lowest BCUT2D eigenvalue weighted by molar-refractivity contribution is 0.517. The van der Waals surface area contributed by atoms with Crippen LogP contribution < -0.4 is 5.63 Å². The van der Waals surface area contributed by atoms with Gasteiger partial charge in [0.2, 0.25) is 0 Å². The monoisotopic (exact) mass is 310 g/mol. The molecule has 1 aromatic carbocycles. The maximum absolute atomic E-state index is 11.5. The molecule has 0 aliphatic carbocycles. The standard InChI is InChI=1S/C13H11BrO2S/c1-8-11(17-2)7-12(15)16-13(8)9-4-3-5-10(14)6-9/h3-7H,1-2H3. The largest absolute Gasteiger partial charge is 0.422 e. The summed E-state index contributed by atoms with van der Waals surface area (Å²) >= 11 is 4.96. The zero-order valence-corrected chi connectivity index (χ0v) is 11.9. The van der Waals surface area contributed by atoms with Crippen molar-refractivity contribution in [2.45, 2.75) is 11.8 Å². The van der Waals surface area contributed by atoms with Gasteiger partial charge in [-0.25, -0.2) is 4.79 Å². The Labute approximate surface area is 112 Å². The molecule has 1 aromatic heterocycles. The average Bonchev–Trinajstić information content (AvgIpc) is 2.31. The Morgan fingerprint density at radius 2 is 2.06 bits per heavy atom. The van der Waals surface area contributed by atoms with Crippen LogP contribution in [0.5, 0.6) is 0 Å². The number of hydrogen-bond acceptors (Lipinski definition) is 3. The van der Waals surface area contributed by atoms with Crippen LogP contribution in [0.25, 0.3) is 11.3 Å². The van der Waals surface area contributed by atoms with Gasteiger partial charge in [0.05, 0.1) is 0 Å². The fourth-order valence-corrected chi connectivity index (χ4v) is 2.66. The second-order valence-corrected chi connectivity index (χ2v) is 5.36. The van der Waals surface area contributed by atoms with Gasteiger partial charge in [0.25, 0.3) is 0 Å². The second-order valence-electron chi connectivity index (χ2n) is 3.60. The number of halogens is 1. The van der Waals surface area contributed by atoms with Crippen molar-refractivity contribution in [2.75, 3.05) is 6.26 Å². The van der Waals surface area contributed by atoms with Crippen molar-refractivity contribution in [3.05, 3.63) is 50.8 Å². The number of thioether (sulfide) groups is 1. The molecule has 1 heterocycles. The van der Waals surface area contributed by atoms with Crippen LogP contribution in [0.15, 0.2) is 48.9 Å². The summed E-state index contributed by atoms with van der Waals surface area (Å²) in [7, 11) is 0. The van der Waals surface area contributed by atoms with Crippen LogP contribution in [0.4, 0.5) is 0 Å². The van der Waals surface area contributed by atoms with Gasteiger partial charge in [0.1, 0.15) is 5.76 Å². The van der Waals surface area contributed by atoms with Crippen molar-refractivity contribution in [3.63, 3.8) is 0 Å².